The highest BCUT2D eigenvalue weighted by Gasteiger charge is 2.15. The first-order chi connectivity index (χ1) is 20.8. The molecule has 198 valence electrons. The SMILES string of the molecule is c1ccc(-c2ccc(-c3cc(-c4ccc(-c5cccc6c5oc5ccccc56)cc4)nc(-c4ccco4)n3)cc2)cc1. The number of fused-ring (bicyclic) bond motifs is 3. The van der Waals surface area contributed by atoms with Crippen LogP contribution in [0.3, 0.4) is 0 Å². The van der Waals surface area contributed by atoms with E-state index in [1.54, 1.807) is 6.26 Å². The van der Waals surface area contributed by atoms with Gasteiger partial charge in [-0.25, -0.2) is 9.97 Å². The minimum absolute atomic E-state index is 0.552. The van der Waals surface area contributed by atoms with E-state index < -0.39 is 0 Å². The predicted octanol–water partition coefficient (Wildman–Crippen LogP) is 10.3. The quantitative estimate of drug-likeness (QED) is 0.218. The second-order valence-electron chi connectivity index (χ2n) is 10.2. The van der Waals surface area contributed by atoms with Gasteiger partial charge < -0.3 is 8.83 Å². The molecule has 3 heterocycles. The highest BCUT2D eigenvalue weighted by Crippen LogP contribution is 2.37. The highest BCUT2D eigenvalue weighted by molar-refractivity contribution is 6.09. The molecule has 0 aliphatic heterocycles. The Morgan fingerprint density at radius 1 is 0.452 bits per heavy atom. The van der Waals surface area contributed by atoms with Crippen LogP contribution >= 0.6 is 0 Å². The molecule has 0 saturated heterocycles. The summed E-state index contributed by atoms with van der Waals surface area (Å²) in [6.07, 6.45) is 1.65. The van der Waals surface area contributed by atoms with Gasteiger partial charge in [-0.3, -0.25) is 0 Å². The average Bonchev–Trinajstić information content (AvgIpc) is 3.74. The summed E-state index contributed by atoms with van der Waals surface area (Å²) < 4.78 is 12.0. The number of aromatic nitrogens is 2. The molecule has 0 bridgehead atoms. The number of hydrogen-bond acceptors (Lipinski definition) is 4. The summed E-state index contributed by atoms with van der Waals surface area (Å²) in [5.41, 5.74) is 9.95. The van der Waals surface area contributed by atoms with Crippen molar-refractivity contribution < 1.29 is 8.83 Å². The Morgan fingerprint density at radius 2 is 1.07 bits per heavy atom. The van der Waals surface area contributed by atoms with E-state index in [2.05, 4.69) is 97.1 Å². The maximum atomic E-state index is 6.28. The van der Waals surface area contributed by atoms with E-state index in [1.165, 1.54) is 5.56 Å². The number of benzene rings is 5. The number of para-hydroxylation sites is 2. The van der Waals surface area contributed by atoms with E-state index in [1.807, 2.05) is 42.5 Å². The van der Waals surface area contributed by atoms with Crippen molar-refractivity contribution in [2.45, 2.75) is 0 Å². The van der Waals surface area contributed by atoms with Crippen molar-refractivity contribution in [2.24, 2.45) is 0 Å². The molecule has 0 N–H and O–H groups in total. The second-order valence-corrected chi connectivity index (χ2v) is 10.2. The fraction of sp³-hybridized carbons (Fsp3) is 0. The van der Waals surface area contributed by atoms with Gasteiger partial charge in [-0.15, -0.1) is 0 Å². The van der Waals surface area contributed by atoms with Gasteiger partial charge in [-0.1, -0.05) is 115 Å². The first-order valence-corrected chi connectivity index (χ1v) is 13.9. The molecule has 8 aromatic rings. The molecule has 0 atom stereocenters. The summed E-state index contributed by atoms with van der Waals surface area (Å²) in [6, 6.07) is 47.6. The summed E-state index contributed by atoms with van der Waals surface area (Å²) in [7, 11) is 0. The van der Waals surface area contributed by atoms with Crippen molar-refractivity contribution in [3.63, 3.8) is 0 Å². The molecule has 0 aliphatic carbocycles. The van der Waals surface area contributed by atoms with Crippen molar-refractivity contribution in [3.8, 4) is 56.4 Å². The number of hydrogen-bond donors (Lipinski definition) is 0. The van der Waals surface area contributed by atoms with Crippen molar-refractivity contribution in [2.75, 3.05) is 0 Å². The Balaban J connectivity index is 1.19. The zero-order chi connectivity index (χ0) is 27.9. The normalized spacial score (nSPS) is 11.3. The van der Waals surface area contributed by atoms with Gasteiger partial charge in [0, 0.05) is 27.5 Å². The second kappa shape index (κ2) is 10.0. The lowest BCUT2D eigenvalue weighted by molar-refractivity contribution is 0.577. The van der Waals surface area contributed by atoms with Gasteiger partial charge in [-0.2, -0.15) is 0 Å². The molecule has 0 spiro atoms. The largest absolute Gasteiger partial charge is 0.461 e. The van der Waals surface area contributed by atoms with Crippen LogP contribution in [0.25, 0.3) is 78.3 Å². The zero-order valence-corrected chi connectivity index (χ0v) is 22.6. The van der Waals surface area contributed by atoms with Gasteiger partial charge in [0.05, 0.1) is 17.7 Å². The maximum absolute atomic E-state index is 6.28. The molecule has 0 saturated carbocycles. The molecule has 0 radical (unpaired) electrons. The molecular formula is C38H24N2O2. The third-order valence-electron chi connectivity index (χ3n) is 7.65. The van der Waals surface area contributed by atoms with Crippen molar-refractivity contribution >= 4 is 21.9 Å². The van der Waals surface area contributed by atoms with Crippen LogP contribution in [0.5, 0.6) is 0 Å². The third-order valence-corrected chi connectivity index (χ3v) is 7.65. The van der Waals surface area contributed by atoms with E-state index in [-0.39, 0.29) is 0 Å². The Morgan fingerprint density at radius 3 is 1.79 bits per heavy atom. The van der Waals surface area contributed by atoms with Gasteiger partial charge in [0.1, 0.15) is 11.2 Å². The van der Waals surface area contributed by atoms with E-state index in [4.69, 9.17) is 18.8 Å². The van der Waals surface area contributed by atoms with Crippen LogP contribution in [0, 0.1) is 0 Å². The molecule has 8 rings (SSSR count). The average molecular weight is 541 g/mol. The van der Waals surface area contributed by atoms with Gasteiger partial charge in [0.25, 0.3) is 0 Å². The minimum Gasteiger partial charge on any atom is -0.461 e. The molecule has 3 aromatic heterocycles. The van der Waals surface area contributed by atoms with Gasteiger partial charge in [0.15, 0.2) is 11.6 Å². The van der Waals surface area contributed by atoms with Crippen molar-refractivity contribution in [1.29, 1.82) is 0 Å². The smallest absolute Gasteiger partial charge is 0.196 e. The topological polar surface area (TPSA) is 52.1 Å². The minimum atomic E-state index is 0.552. The van der Waals surface area contributed by atoms with Crippen LogP contribution < -0.4 is 0 Å². The van der Waals surface area contributed by atoms with Crippen LogP contribution in [0.15, 0.2) is 155 Å². The molecule has 42 heavy (non-hydrogen) atoms. The van der Waals surface area contributed by atoms with Gasteiger partial charge in [-0.05, 0) is 41.0 Å². The first-order valence-electron chi connectivity index (χ1n) is 13.9. The Kier molecular flexibility index (Phi) is 5.75. The van der Waals surface area contributed by atoms with E-state index in [0.29, 0.717) is 11.6 Å². The molecule has 4 heteroatoms. The summed E-state index contributed by atoms with van der Waals surface area (Å²) in [5, 5.41) is 2.25. The highest BCUT2D eigenvalue weighted by atomic mass is 16.3. The summed E-state index contributed by atoms with van der Waals surface area (Å²) in [4.78, 5) is 9.77. The van der Waals surface area contributed by atoms with Crippen molar-refractivity contribution in [1.82, 2.24) is 9.97 Å². The van der Waals surface area contributed by atoms with Crippen LogP contribution in [0.2, 0.25) is 0 Å². The Labute approximate surface area is 242 Å². The zero-order valence-electron chi connectivity index (χ0n) is 22.6. The monoisotopic (exact) mass is 540 g/mol. The van der Waals surface area contributed by atoms with E-state index in [0.717, 1.165) is 61.1 Å². The molecule has 0 fully saturated rings. The molecule has 4 nitrogen and oxygen atoms in total. The molecule has 0 amide bonds. The fourth-order valence-corrected chi connectivity index (χ4v) is 5.52. The number of rotatable bonds is 5. The first kappa shape index (κ1) is 24.1. The van der Waals surface area contributed by atoms with Crippen molar-refractivity contribution in [3.05, 3.63) is 146 Å². The standard InChI is InChI=1S/C38H24N2O2/c1-2-8-25(9-3-1)26-15-19-28(20-16-26)33-24-34(40-38(39-33)36-14-7-23-41-36)29-21-17-27(18-22-29)30-11-6-12-32-31-10-4-5-13-35(31)42-37(30)32/h1-24H. The number of nitrogens with zero attached hydrogens (tertiary/aromatic N) is 2. The van der Waals surface area contributed by atoms with Gasteiger partial charge >= 0.3 is 0 Å². The lowest BCUT2D eigenvalue weighted by atomic mass is 9.99. The molecule has 0 aliphatic rings. The van der Waals surface area contributed by atoms with E-state index in [9.17, 15) is 0 Å². The van der Waals surface area contributed by atoms with Gasteiger partial charge in [0.2, 0.25) is 0 Å². The Bertz CT molecular complexity index is 2160. The third kappa shape index (κ3) is 4.27. The van der Waals surface area contributed by atoms with Crippen LogP contribution in [-0.2, 0) is 0 Å². The lowest BCUT2D eigenvalue weighted by Gasteiger charge is -2.10. The molecule has 5 aromatic carbocycles. The lowest BCUT2D eigenvalue weighted by Crippen LogP contribution is -1.95. The number of furan rings is 2. The Hall–Kier alpha value is -5.74. The van der Waals surface area contributed by atoms with Crippen LogP contribution in [0.4, 0.5) is 0 Å². The van der Waals surface area contributed by atoms with Crippen LogP contribution in [-0.4, -0.2) is 9.97 Å². The maximum Gasteiger partial charge on any atom is 0.196 e. The summed E-state index contributed by atoms with van der Waals surface area (Å²) in [6.45, 7) is 0. The van der Waals surface area contributed by atoms with E-state index >= 15 is 0 Å². The molecule has 0 unspecified atom stereocenters. The van der Waals surface area contributed by atoms with Crippen LogP contribution in [0.1, 0.15) is 0 Å². The summed E-state index contributed by atoms with van der Waals surface area (Å²) in [5.74, 6) is 1.18. The molecular weight excluding hydrogens is 516 g/mol. The predicted molar refractivity (Wildman–Crippen MR) is 169 cm³/mol. The fourth-order valence-electron chi connectivity index (χ4n) is 5.52. The summed E-state index contributed by atoms with van der Waals surface area (Å²) >= 11 is 0.